The van der Waals surface area contributed by atoms with Gasteiger partial charge in [-0.25, -0.2) is 4.79 Å². The fourth-order valence-electron chi connectivity index (χ4n) is 0.870. The minimum Gasteiger partial charge on any atom is -1.00 e. The van der Waals surface area contributed by atoms with E-state index in [2.05, 4.69) is 9.71 Å². The van der Waals surface area contributed by atoms with Gasteiger partial charge in [-0.1, -0.05) is 11.6 Å². The number of diazo groups is 1. The summed E-state index contributed by atoms with van der Waals surface area (Å²) in [6.07, 6.45) is 0. The Balaban J connectivity index is 0.00000169. The number of benzene rings is 1. The van der Waals surface area contributed by atoms with Crippen molar-refractivity contribution in [2.45, 2.75) is 0 Å². The Bertz CT molecular complexity index is 387. The number of hydrogen-bond acceptors (Lipinski definition) is 3. The first-order valence-corrected chi connectivity index (χ1v) is 3.80. The Hall–Kier alpha value is -1.31. The molecule has 0 amide bonds. The first-order valence-electron chi connectivity index (χ1n) is 3.42. The molecule has 0 aromatic heterocycles. The van der Waals surface area contributed by atoms with Crippen molar-refractivity contribution >= 4 is 23.3 Å². The first-order chi connectivity index (χ1) is 6.19. The topological polar surface area (TPSA) is 54.5 Å². The maximum Gasteiger partial charge on any atom is 0.401 e. The van der Waals surface area contributed by atoms with Crippen LogP contribution in [0.1, 0.15) is 10.4 Å². The van der Waals surface area contributed by atoms with Gasteiger partial charge in [0.15, 0.2) is 10.5 Å². The van der Waals surface area contributed by atoms with Crippen LogP contribution in [-0.4, -0.2) is 13.1 Å². The van der Waals surface area contributed by atoms with Crippen LogP contribution in [0, 0.1) is 5.39 Å². The predicted molar refractivity (Wildman–Crippen MR) is 47.5 cm³/mol. The van der Waals surface area contributed by atoms with Crippen molar-refractivity contribution in [1.29, 1.82) is 5.39 Å². The lowest BCUT2D eigenvalue weighted by Gasteiger charge is -1.94. The predicted octanol–water partition coefficient (Wildman–Crippen LogP) is -0.385. The molecule has 14 heavy (non-hydrogen) atoms. The van der Waals surface area contributed by atoms with Crippen molar-refractivity contribution in [3.63, 3.8) is 0 Å². The van der Waals surface area contributed by atoms with Crippen LogP contribution >= 0.6 is 11.6 Å². The highest BCUT2D eigenvalue weighted by atomic mass is 35.5. The molecule has 4 nitrogen and oxygen atoms in total. The highest BCUT2D eigenvalue weighted by Crippen LogP contribution is 2.24. The molecule has 0 aliphatic heterocycles. The molecular formula is C8H6Cl2N2O2. The van der Waals surface area contributed by atoms with Crippen molar-refractivity contribution < 1.29 is 21.9 Å². The third kappa shape index (κ3) is 2.59. The average Bonchev–Trinajstić information content (AvgIpc) is 2.16. The van der Waals surface area contributed by atoms with Crippen LogP contribution in [0.5, 0.6) is 0 Å². The Labute approximate surface area is 91.9 Å². The minimum atomic E-state index is -0.565. The molecule has 0 radical (unpaired) electrons. The lowest BCUT2D eigenvalue weighted by molar-refractivity contribution is -0.0000176. The van der Waals surface area contributed by atoms with E-state index in [0.717, 1.165) is 0 Å². The smallest absolute Gasteiger partial charge is 0.401 e. The van der Waals surface area contributed by atoms with Crippen LogP contribution in [0.25, 0.3) is 4.98 Å². The van der Waals surface area contributed by atoms with Gasteiger partial charge in [0.2, 0.25) is 5.39 Å². The molecule has 1 aromatic carbocycles. The molecule has 1 aromatic rings. The van der Waals surface area contributed by atoms with Crippen LogP contribution in [0.15, 0.2) is 18.2 Å². The van der Waals surface area contributed by atoms with Gasteiger partial charge >= 0.3 is 11.7 Å². The fraction of sp³-hybridized carbons (Fsp3) is 0.125. The molecule has 0 spiro atoms. The molecular weight excluding hydrogens is 227 g/mol. The lowest BCUT2D eigenvalue weighted by Crippen LogP contribution is -3.00. The average molecular weight is 233 g/mol. The number of nitrogens with zero attached hydrogens (tertiary/aromatic N) is 2. The third-order valence-corrected chi connectivity index (χ3v) is 1.71. The van der Waals surface area contributed by atoms with E-state index in [1.54, 1.807) is 0 Å². The Morgan fingerprint density at radius 3 is 2.71 bits per heavy atom. The summed E-state index contributed by atoms with van der Waals surface area (Å²) in [4.78, 5) is 14.0. The molecule has 0 bridgehead atoms. The van der Waals surface area contributed by atoms with Gasteiger partial charge in [0.25, 0.3) is 0 Å². The fourth-order valence-corrected chi connectivity index (χ4v) is 1.04. The number of carbonyl (C=O) groups excluding carboxylic acids is 1. The van der Waals surface area contributed by atoms with Gasteiger partial charge in [0, 0.05) is 5.02 Å². The second-order valence-corrected chi connectivity index (χ2v) is 2.69. The Morgan fingerprint density at radius 1 is 1.57 bits per heavy atom. The second-order valence-electron chi connectivity index (χ2n) is 2.25. The maximum atomic E-state index is 11.1. The molecule has 0 atom stereocenters. The van der Waals surface area contributed by atoms with Crippen molar-refractivity contribution in [2.75, 3.05) is 7.11 Å². The van der Waals surface area contributed by atoms with Crippen molar-refractivity contribution in [3.05, 3.63) is 33.8 Å². The van der Waals surface area contributed by atoms with E-state index in [0.29, 0.717) is 5.02 Å². The number of carbonyl (C=O) groups is 1. The molecule has 74 valence electrons. The summed E-state index contributed by atoms with van der Waals surface area (Å²) in [6, 6.07) is 4.32. The number of rotatable bonds is 1. The maximum absolute atomic E-state index is 11.1. The van der Waals surface area contributed by atoms with E-state index in [1.165, 1.54) is 25.3 Å². The molecule has 0 aliphatic carbocycles. The van der Waals surface area contributed by atoms with Gasteiger partial charge in [-0.15, -0.1) is 0 Å². The largest absolute Gasteiger partial charge is 1.00 e. The van der Waals surface area contributed by atoms with Crippen LogP contribution in [0.2, 0.25) is 5.02 Å². The highest BCUT2D eigenvalue weighted by molar-refractivity contribution is 6.31. The third-order valence-electron chi connectivity index (χ3n) is 1.47. The lowest BCUT2D eigenvalue weighted by atomic mass is 10.2. The van der Waals surface area contributed by atoms with Gasteiger partial charge in [-0.05, 0) is 12.1 Å². The monoisotopic (exact) mass is 232 g/mol. The highest BCUT2D eigenvalue weighted by Gasteiger charge is 2.21. The van der Waals surface area contributed by atoms with E-state index in [-0.39, 0.29) is 23.7 Å². The molecule has 0 aliphatic rings. The van der Waals surface area contributed by atoms with Gasteiger partial charge in [-0.3, -0.25) is 0 Å². The van der Waals surface area contributed by atoms with Crippen LogP contribution < -0.4 is 12.4 Å². The van der Waals surface area contributed by atoms with E-state index in [1.807, 2.05) is 0 Å². The molecule has 6 heteroatoms. The van der Waals surface area contributed by atoms with Crippen molar-refractivity contribution in [2.24, 2.45) is 0 Å². The van der Waals surface area contributed by atoms with E-state index in [9.17, 15) is 4.79 Å². The second kappa shape index (κ2) is 5.43. The quantitative estimate of drug-likeness (QED) is 0.490. The summed E-state index contributed by atoms with van der Waals surface area (Å²) in [7, 11) is 1.25. The molecule has 0 unspecified atom stereocenters. The van der Waals surface area contributed by atoms with Crippen LogP contribution in [0.3, 0.4) is 0 Å². The summed E-state index contributed by atoms with van der Waals surface area (Å²) >= 11 is 5.62. The van der Waals surface area contributed by atoms with Crippen LogP contribution in [0.4, 0.5) is 5.69 Å². The number of esters is 1. The van der Waals surface area contributed by atoms with Crippen LogP contribution in [-0.2, 0) is 4.74 Å². The minimum absolute atomic E-state index is 0. The molecule has 0 saturated heterocycles. The zero-order chi connectivity index (χ0) is 9.84. The molecule has 1 rings (SSSR count). The van der Waals surface area contributed by atoms with Gasteiger partial charge < -0.3 is 17.1 Å². The molecule has 0 fully saturated rings. The summed E-state index contributed by atoms with van der Waals surface area (Å²) in [5.74, 6) is -0.565. The Kier molecular flexibility index (Phi) is 4.92. The zero-order valence-electron chi connectivity index (χ0n) is 7.20. The normalized spacial score (nSPS) is 8.36. The van der Waals surface area contributed by atoms with Gasteiger partial charge in [0.1, 0.15) is 0 Å². The summed E-state index contributed by atoms with van der Waals surface area (Å²) in [5.41, 5.74) is 0.272. The summed E-state index contributed by atoms with van der Waals surface area (Å²) in [6.45, 7) is 0. The zero-order valence-corrected chi connectivity index (χ0v) is 8.71. The number of methoxy groups -OCH3 is 1. The first kappa shape index (κ1) is 12.7. The van der Waals surface area contributed by atoms with Crippen molar-refractivity contribution in [3.8, 4) is 0 Å². The number of ether oxygens (including phenoxy) is 1. The number of halogens is 2. The Morgan fingerprint density at radius 2 is 2.21 bits per heavy atom. The molecule has 0 saturated carbocycles. The van der Waals surface area contributed by atoms with Gasteiger partial charge in [-0.2, -0.15) is 0 Å². The van der Waals surface area contributed by atoms with E-state index < -0.39 is 5.97 Å². The molecule has 0 N–H and O–H groups in total. The van der Waals surface area contributed by atoms with E-state index >= 15 is 0 Å². The van der Waals surface area contributed by atoms with E-state index in [4.69, 9.17) is 17.0 Å². The van der Waals surface area contributed by atoms with Crippen molar-refractivity contribution in [1.82, 2.24) is 0 Å². The standard InChI is InChI=1S/C8H6ClN2O2.ClH/c1-13-8(12)6-3-2-5(9)4-7(6)11-10;/h2-4H,1H3;1H/q+1;/p-1. The summed E-state index contributed by atoms with van der Waals surface area (Å²) < 4.78 is 4.47. The molecule has 0 heterocycles. The SMILES string of the molecule is COC(=O)c1ccc(Cl)cc1[N+]#N.[Cl-]. The number of hydrogen-bond donors (Lipinski definition) is 0. The summed E-state index contributed by atoms with van der Waals surface area (Å²) in [5, 5.41) is 8.94. The van der Waals surface area contributed by atoms with Gasteiger partial charge in [0.05, 0.1) is 13.2 Å².